The highest BCUT2D eigenvalue weighted by molar-refractivity contribution is 7.91. The highest BCUT2D eigenvalue weighted by atomic mass is 32.2. The predicted octanol–water partition coefficient (Wildman–Crippen LogP) is 0.923. The zero-order valence-electron chi connectivity index (χ0n) is 15.2. The molecule has 0 saturated carbocycles. The van der Waals surface area contributed by atoms with Gasteiger partial charge in [-0.05, 0) is 20.8 Å². The number of carbonyl (C=O) groups excluding carboxylic acids is 1. The lowest BCUT2D eigenvalue weighted by Crippen LogP contribution is -2.41. The molecule has 1 heterocycles. The highest BCUT2D eigenvalue weighted by Gasteiger charge is 2.36. The third kappa shape index (κ3) is 5.41. The van der Waals surface area contributed by atoms with E-state index in [0.717, 1.165) is 0 Å². The van der Waals surface area contributed by atoms with Gasteiger partial charge < -0.3 is 20.3 Å². The summed E-state index contributed by atoms with van der Waals surface area (Å²) in [5, 5.41) is 23.1. The summed E-state index contributed by atoms with van der Waals surface area (Å²) in [7, 11) is -3.51. The second-order valence-electron chi connectivity index (χ2n) is 7.28. The Morgan fingerprint density at radius 1 is 1.15 bits per heavy atom. The van der Waals surface area contributed by atoms with Gasteiger partial charge in [0.15, 0.2) is 9.84 Å². The SMILES string of the molecule is CC(C)(C)NC(=O)OCCS(=O)(=O)CCN1C(O)c2ccccc2C1O. The maximum Gasteiger partial charge on any atom is 0.407 e. The van der Waals surface area contributed by atoms with Crippen LogP contribution in [-0.2, 0) is 14.6 Å². The number of amides is 1. The molecule has 1 amide bonds. The number of nitrogens with one attached hydrogen (secondary N) is 1. The van der Waals surface area contributed by atoms with E-state index in [-0.39, 0.29) is 24.7 Å². The molecule has 26 heavy (non-hydrogen) atoms. The molecule has 2 rings (SSSR count). The molecule has 3 N–H and O–H groups in total. The molecule has 1 aromatic rings. The van der Waals surface area contributed by atoms with Crippen LogP contribution in [-0.4, -0.2) is 59.8 Å². The van der Waals surface area contributed by atoms with E-state index in [0.29, 0.717) is 11.1 Å². The number of ether oxygens (including phenoxy) is 1. The lowest BCUT2D eigenvalue weighted by Gasteiger charge is -2.24. The van der Waals surface area contributed by atoms with Gasteiger partial charge in [0.05, 0.1) is 11.5 Å². The van der Waals surface area contributed by atoms with E-state index in [9.17, 15) is 23.4 Å². The molecule has 1 aliphatic rings. The Morgan fingerprint density at radius 2 is 1.69 bits per heavy atom. The third-order valence-corrected chi connectivity index (χ3v) is 5.54. The van der Waals surface area contributed by atoms with E-state index in [1.165, 1.54) is 4.90 Å². The van der Waals surface area contributed by atoms with Crippen molar-refractivity contribution < 1.29 is 28.2 Å². The second kappa shape index (κ2) is 7.91. The number of alkyl carbamates (subject to hydrolysis) is 1. The van der Waals surface area contributed by atoms with Gasteiger partial charge in [-0.3, -0.25) is 0 Å². The molecule has 0 spiro atoms. The lowest BCUT2D eigenvalue weighted by molar-refractivity contribution is -0.0803. The van der Waals surface area contributed by atoms with Gasteiger partial charge in [0.2, 0.25) is 0 Å². The minimum absolute atomic E-state index is 0.0342. The minimum atomic E-state index is -3.51. The average molecular weight is 386 g/mol. The van der Waals surface area contributed by atoms with E-state index >= 15 is 0 Å². The van der Waals surface area contributed by atoms with Gasteiger partial charge in [-0.25, -0.2) is 18.1 Å². The Balaban J connectivity index is 1.83. The summed E-state index contributed by atoms with van der Waals surface area (Å²) in [5.74, 6) is -0.586. The maximum atomic E-state index is 12.1. The second-order valence-corrected chi connectivity index (χ2v) is 9.58. The number of fused-ring (bicyclic) bond motifs is 1. The van der Waals surface area contributed by atoms with Crippen LogP contribution in [0.5, 0.6) is 0 Å². The van der Waals surface area contributed by atoms with Crippen molar-refractivity contribution in [1.82, 2.24) is 10.2 Å². The molecule has 2 unspecified atom stereocenters. The van der Waals surface area contributed by atoms with Crippen molar-refractivity contribution in [2.45, 2.75) is 38.8 Å². The van der Waals surface area contributed by atoms with Gasteiger partial charge in [-0.2, -0.15) is 0 Å². The van der Waals surface area contributed by atoms with Crippen LogP contribution in [0, 0.1) is 0 Å². The van der Waals surface area contributed by atoms with Crippen LogP contribution in [0.1, 0.15) is 44.4 Å². The summed E-state index contributed by atoms with van der Waals surface area (Å²) in [5.41, 5.74) is 0.673. The number of hydrogen-bond donors (Lipinski definition) is 3. The Labute approximate surface area is 153 Å². The molecule has 0 bridgehead atoms. The van der Waals surface area contributed by atoms with E-state index < -0.39 is 33.9 Å². The zero-order chi connectivity index (χ0) is 19.5. The van der Waals surface area contributed by atoms with Gasteiger partial charge in [-0.1, -0.05) is 24.3 Å². The molecule has 1 aromatic carbocycles. The van der Waals surface area contributed by atoms with Crippen molar-refractivity contribution >= 4 is 15.9 Å². The van der Waals surface area contributed by atoms with Crippen molar-refractivity contribution in [2.75, 3.05) is 24.7 Å². The molecule has 1 aliphatic heterocycles. The molecule has 0 aromatic heterocycles. The van der Waals surface area contributed by atoms with Crippen molar-refractivity contribution in [2.24, 2.45) is 0 Å². The first kappa shape index (κ1) is 20.6. The van der Waals surface area contributed by atoms with Crippen LogP contribution >= 0.6 is 0 Å². The number of benzene rings is 1. The largest absolute Gasteiger partial charge is 0.448 e. The quantitative estimate of drug-likeness (QED) is 0.666. The van der Waals surface area contributed by atoms with Crippen LogP contribution in [0.3, 0.4) is 0 Å². The minimum Gasteiger partial charge on any atom is -0.448 e. The van der Waals surface area contributed by atoms with Crippen molar-refractivity contribution in [3.05, 3.63) is 35.4 Å². The molecule has 146 valence electrons. The summed E-state index contributed by atoms with van der Waals surface area (Å²) in [4.78, 5) is 12.8. The number of aliphatic hydroxyl groups is 2. The smallest absolute Gasteiger partial charge is 0.407 e. The molecular weight excluding hydrogens is 360 g/mol. The third-order valence-electron chi connectivity index (χ3n) is 3.95. The van der Waals surface area contributed by atoms with Gasteiger partial charge in [-0.15, -0.1) is 0 Å². The fourth-order valence-corrected chi connectivity index (χ4v) is 3.70. The van der Waals surface area contributed by atoms with Crippen LogP contribution in [0.15, 0.2) is 24.3 Å². The number of aliphatic hydroxyl groups excluding tert-OH is 2. The van der Waals surface area contributed by atoms with Gasteiger partial charge in [0.1, 0.15) is 19.1 Å². The van der Waals surface area contributed by atoms with E-state index in [1.807, 2.05) is 0 Å². The fraction of sp³-hybridized carbons (Fsp3) is 0.588. The molecule has 9 heteroatoms. The Morgan fingerprint density at radius 3 is 2.19 bits per heavy atom. The molecule has 8 nitrogen and oxygen atoms in total. The van der Waals surface area contributed by atoms with Gasteiger partial charge in [0.25, 0.3) is 0 Å². The van der Waals surface area contributed by atoms with E-state index in [4.69, 9.17) is 4.74 Å². The number of hydrogen-bond acceptors (Lipinski definition) is 7. The average Bonchev–Trinajstić information content (AvgIpc) is 2.75. The maximum absolute atomic E-state index is 12.1. The van der Waals surface area contributed by atoms with E-state index in [2.05, 4.69) is 5.32 Å². The number of sulfone groups is 1. The lowest BCUT2D eigenvalue weighted by atomic mass is 10.1. The summed E-state index contributed by atoms with van der Waals surface area (Å²) in [6.07, 6.45) is -2.77. The first-order valence-electron chi connectivity index (χ1n) is 8.36. The standard InChI is InChI=1S/C17H26N2O6S/c1-17(2,3)18-16(22)25-9-11-26(23,24)10-8-19-14(20)12-6-4-5-7-13(12)15(19)21/h4-7,14-15,20-21H,8-11H2,1-3H3,(H,18,22). The van der Waals surface area contributed by atoms with Crippen LogP contribution in [0.4, 0.5) is 4.79 Å². The Hall–Kier alpha value is -1.68. The molecule has 2 atom stereocenters. The highest BCUT2D eigenvalue weighted by Crippen LogP contribution is 2.38. The topological polar surface area (TPSA) is 116 Å². The molecule has 0 radical (unpaired) electrons. The molecule has 0 saturated heterocycles. The first-order chi connectivity index (χ1) is 12.0. The van der Waals surface area contributed by atoms with Crippen LogP contribution in [0.25, 0.3) is 0 Å². The summed E-state index contributed by atoms with van der Waals surface area (Å²) < 4.78 is 29.2. The normalized spacial score (nSPS) is 20.7. The summed E-state index contributed by atoms with van der Waals surface area (Å²) in [6, 6.07) is 6.88. The van der Waals surface area contributed by atoms with Crippen molar-refractivity contribution in [3.8, 4) is 0 Å². The zero-order valence-corrected chi connectivity index (χ0v) is 16.0. The van der Waals surface area contributed by atoms with Gasteiger partial charge >= 0.3 is 6.09 Å². The van der Waals surface area contributed by atoms with Crippen molar-refractivity contribution in [1.29, 1.82) is 0 Å². The number of rotatable bonds is 6. The molecule has 0 fully saturated rings. The van der Waals surface area contributed by atoms with Crippen LogP contribution < -0.4 is 5.32 Å². The van der Waals surface area contributed by atoms with Crippen molar-refractivity contribution in [3.63, 3.8) is 0 Å². The monoisotopic (exact) mass is 386 g/mol. The molecular formula is C17H26N2O6S. The Kier molecular flexibility index (Phi) is 6.28. The predicted molar refractivity (Wildman–Crippen MR) is 96.0 cm³/mol. The summed E-state index contributed by atoms with van der Waals surface area (Å²) >= 11 is 0. The first-order valence-corrected chi connectivity index (χ1v) is 10.2. The van der Waals surface area contributed by atoms with Crippen LogP contribution in [0.2, 0.25) is 0 Å². The molecule has 0 aliphatic carbocycles. The van der Waals surface area contributed by atoms with Gasteiger partial charge in [0, 0.05) is 23.2 Å². The number of nitrogens with zero attached hydrogens (tertiary/aromatic N) is 1. The summed E-state index contributed by atoms with van der Waals surface area (Å²) in [6.45, 7) is 5.07. The Bertz CT molecular complexity index is 715. The van der Waals surface area contributed by atoms with E-state index in [1.54, 1.807) is 45.0 Å². The number of carbonyl (C=O) groups is 1. The fourth-order valence-electron chi connectivity index (χ4n) is 2.67.